The van der Waals surface area contributed by atoms with Crippen molar-refractivity contribution in [2.45, 2.75) is 93.1 Å². The van der Waals surface area contributed by atoms with Gasteiger partial charge in [-0.3, -0.25) is 9.59 Å². The Balaban J connectivity index is 1.70. The summed E-state index contributed by atoms with van der Waals surface area (Å²) in [4.78, 5) is 42.6. The van der Waals surface area contributed by atoms with Crippen LogP contribution in [0.3, 0.4) is 0 Å². The summed E-state index contributed by atoms with van der Waals surface area (Å²) in [7, 11) is -2.72. The zero-order valence-corrected chi connectivity index (χ0v) is 32.1. The molecule has 0 bridgehead atoms. The first-order chi connectivity index (χ1) is 24.8. The average Bonchev–Trinajstić information content (AvgIpc) is 3.22. The van der Waals surface area contributed by atoms with Gasteiger partial charge in [0, 0.05) is 25.3 Å². The first-order valence-electron chi connectivity index (χ1n) is 17.6. The molecule has 3 aromatic carbocycles. The van der Waals surface area contributed by atoms with Gasteiger partial charge in [0.05, 0.1) is 16.1 Å². The first kappa shape index (κ1) is 40.5. The molecular weight excluding hydrogens is 705 g/mol. The van der Waals surface area contributed by atoms with Crippen LogP contribution in [0, 0.1) is 0 Å². The predicted molar refractivity (Wildman–Crippen MR) is 203 cm³/mol. The molecule has 0 fully saturated rings. The van der Waals surface area contributed by atoms with E-state index in [-0.39, 0.29) is 22.8 Å². The number of rotatable bonds is 17. The molecule has 0 radical (unpaired) electrons. The van der Waals surface area contributed by atoms with Crippen LogP contribution in [-0.4, -0.2) is 79.4 Å². The molecule has 52 heavy (non-hydrogen) atoms. The number of aliphatic carboxylic acids is 1. The van der Waals surface area contributed by atoms with E-state index >= 15 is 0 Å². The molecule has 4 rings (SSSR count). The van der Waals surface area contributed by atoms with E-state index in [1.165, 1.54) is 49.1 Å². The smallest absolute Gasteiger partial charge is 0.326 e. The Kier molecular flexibility index (Phi) is 14.0. The lowest BCUT2D eigenvalue weighted by molar-refractivity contribution is -0.150. The number of nitrogens with one attached hydrogen (secondary N) is 2. The van der Waals surface area contributed by atoms with Crippen LogP contribution in [0.2, 0.25) is 0 Å². The number of phenols is 1. The van der Waals surface area contributed by atoms with Crippen molar-refractivity contribution in [3.63, 3.8) is 0 Å². The van der Waals surface area contributed by atoms with E-state index in [0.29, 0.717) is 35.5 Å². The molecule has 0 saturated heterocycles. The highest BCUT2D eigenvalue weighted by Crippen LogP contribution is 2.44. The number of carboxylic acid groups (broad SMARTS) is 1. The normalized spacial score (nSPS) is 15.8. The van der Waals surface area contributed by atoms with Crippen LogP contribution in [-0.2, 0) is 24.4 Å². The van der Waals surface area contributed by atoms with E-state index < -0.39 is 52.0 Å². The van der Waals surface area contributed by atoms with Crippen LogP contribution in [0.1, 0.15) is 77.3 Å². The third kappa shape index (κ3) is 9.58. The number of carboxylic acids is 1. The zero-order valence-electron chi connectivity index (χ0n) is 30.4. The van der Waals surface area contributed by atoms with Gasteiger partial charge in [-0.2, -0.15) is 0 Å². The third-order valence-corrected chi connectivity index (χ3v) is 11.7. The minimum Gasteiger partial charge on any atom is -0.508 e. The van der Waals surface area contributed by atoms with E-state index in [4.69, 9.17) is 4.74 Å². The van der Waals surface area contributed by atoms with Gasteiger partial charge in [-0.15, -0.1) is 11.8 Å². The summed E-state index contributed by atoms with van der Waals surface area (Å²) >= 11 is 1.34. The van der Waals surface area contributed by atoms with Gasteiger partial charge >= 0.3 is 5.97 Å². The molecule has 0 aliphatic carbocycles. The number of nitrogens with zero attached hydrogens (tertiary/aromatic N) is 2. The van der Waals surface area contributed by atoms with Crippen molar-refractivity contribution < 1.29 is 37.8 Å². The van der Waals surface area contributed by atoms with Gasteiger partial charge in [-0.25, -0.2) is 17.9 Å². The summed E-state index contributed by atoms with van der Waals surface area (Å²) in [6, 6.07) is 16.2. The van der Waals surface area contributed by atoms with Crippen molar-refractivity contribution in [2.24, 2.45) is 0 Å². The van der Waals surface area contributed by atoms with Crippen LogP contribution in [0.15, 0.2) is 76.5 Å². The Morgan fingerprint density at radius 1 is 1.02 bits per heavy atom. The number of thioether (sulfide) groups is 1. The second-order valence-corrected chi connectivity index (χ2v) is 15.6. The molecule has 12 nitrogen and oxygen atoms in total. The van der Waals surface area contributed by atoms with Crippen LogP contribution >= 0.6 is 11.8 Å². The summed E-state index contributed by atoms with van der Waals surface area (Å²) in [5, 5.41) is 22.1. The number of carbonyl (C=O) groups is 3. The lowest BCUT2D eigenvalue weighted by Crippen LogP contribution is -2.53. The highest BCUT2D eigenvalue weighted by Gasteiger charge is 2.42. The van der Waals surface area contributed by atoms with E-state index in [2.05, 4.69) is 28.8 Å². The fourth-order valence-electron chi connectivity index (χ4n) is 6.51. The van der Waals surface area contributed by atoms with Gasteiger partial charge in [0.25, 0.3) is 5.91 Å². The zero-order chi connectivity index (χ0) is 38.1. The fourth-order valence-corrected chi connectivity index (χ4v) is 8.72. The lowest BCUT2D eigenvalue weighted by atomic mass is 9.87. The number of ether oxygens (including phenoxy) is 1. The number of anilines is 2. The van der Waals surface area contributed by atoms with Crippen molar-refractivity contribution in [1.82, 2.24) is 14.9 Å². The van der Waals surface area contributed by atoms with Gasteiger partial charge in [0.1, 0.15) is 28.5 Å². The highest BCUT2D eigenvalue weighted by molar-refractivity contribution is 7.98. The monoisotopic (exact) mass is 754 g/mol. The number of benzene rings is 3. The molecule has 4 N–H and O–H groups in total. The maximum absolute atomic E-state index is 14.3. The largest absolute Gasteiger partial charge is 0.508 e. The number of aromatic hydroxyl groups is 1. The number of hydrogen-bond acceptors (Lipinski definition) is 9. The number of unbranched alkanes of at least 4 members (excludes halogenated alkanes) is 2. The lowest BCUT2D eigenvalue weighted by Gasteiger charge is -2.37. The summed E-state index contributed by atoms with van der Waals surface area (Å²) in [5.41, 5.74) is 0.953. The Morgan fingerprint density at radius 3 is 2.21 bits per heavy atom. The second-order valence-electron chi connectivity index (χ2n) is 13.1. The highest BCUT2D eigenvalue weighted by atomic mass is 32.2. The van der Waals surface area contributed by atoms with Gasteiger partial charge in [-0.1, -0.05) is 76.8 Å². The number of para-hydroxylation sites is 1. The number of amides is 2. The number of sulfonamides is 1. The number of hydrogen-bond donors (Lipinski definition) is 4. The SMILES string of the molecule is CCCCC1(CCCC)CN(c2ccccc2)c2cc(SC)c(OCC(=O)N[C@@H](C(=O)N(C)[C@@H](CC)C(=O)O)c3ccc(O)cc3)cc2S(=O)(=O)N1. The molecule has 0 unspecified atom stereocenters. The van der Waals surface area contributed by atoms with Gasteiger partial charge in [-0.05, 0) is 61.4 Å². The summed E-state index contributed by atoms with van der Waals surface area (Å²) in [6.07, 6.45) is 6.84. The quantitative estimate of drug-likeness (QED) is 0.116. The molecular formula is C38H50N4O8S2. The number of phenolic OH excluding ortho intramolecular Hbond substituents is 1. The van der Waals surface area contributed by atoms with Crippen molar-refractivity contribution in [1.29, 1.82) is 0 Å². The number of likely N-dealkylation sites (N-methyl/N-ethyl adjacent to an activating group) is 1. The van der Waals surface area contributed by atoms with Crippen LogP contribution < -0.4 is 19.7 Å². The maximum Gasteiger partial charge on any atom is 0.326 e. The molecule has 1 aliphatic heterocycles. The number of fused-ring (bicyclic) bond motifs is 1. The molecule has 3 aromatic rings. The summed E-state index contributed by atoms with van der Waals surface area (Å²) in [6.45, 7) is 5.68. The minimum atomic E-state index is -4.07. The van der Waals surface area contributed by atoms with Crippen molar-refractivity contribution in [3.05, 3.63) is 72.3 Å². The molecule has 2 amide bonds. The number of carbonyl (C=O) groups excluding carboxylic acids is 2. The second kappa shape index (κ2) is 18.0. The Bertz CT molecular complexity index is 1800. The maximum atomic E-state index is 14.3. The summed E-state index contributed by atoms with van der Waals surface area (Å²) < 4.78 is 37.7. The molecule has 14 heteroatoms. The van der Waals surface area contributed by atoms with Gasteiger partial charge in [0.15, 0.2) is 6.61 Å². The Hall–Kier alpha value is -4.27. The van der Waals surface area contributed by atoms with E-state index in [1.807, 2.05) is 36.6 Å². The predicted octanol–water partition coefficient (Wildman–Crippen LogP) is 6.22. The topological polar surface area (TPSA) is 166 Å². The summed E-state index contributed by atoms with van der Waals surface area (Å²) in [5.74, 6) is -2.43. The minimum absolute atomic E-state index is 0.0254. The van der Waals surface area contributed by atoms with Crippen LogP contribution in [0.5, 0.6) is 11.5 Å². The molecule has 1 heterocycles. The first-order valence-corrected chi connectivity index (χ1v) is 20.3. The van der Waals surface area contributed by atoms with E-state index in [9.17, 15) is 33.0 Å². The van der Waals surface area contributed by atoms with Crippen LogP contribution in [0.4, 0.5) is 11.4 Å². The molecule has 0 saturated carbocycles. The molecule has 2 atom stereocenters. The van der Waals surface area contributed by atoms with Crippen LogP contribution in [0.25, 0.3) is 0 Å². The van der Waals surface area contributed by atoms with E-state index in [1.54, 1.807) is 13.0 Å². The van der Waals surface area contributed by atoms with Crippen molar-refractivity contribution in [3.8, 4) is 11.5 Å². The molecule has 0 spiro atoms. The fraction of sp³-hybridized carbons (Fsp3) is 0.447. The van der Waals surface area contributed by atoms with Gasteiger partial charge < -0.3 is 30.1 Å². The molecule has 0 aromatic heterocycles. The van der Waals surface area contributed by atoms with E-state index in [0.717, 1.165) is 36.3 Å². The molecule has 282 valence electrons. The standard InChI is InChI=1S/C38H50N4O8S2/c1-6-9-20-38(21-10-7-2)25-42(27-14-12-11-13-15-27)30-22-32(51-5)31(23-33(30)52(48,49)40-38)50-24-34(44)39-35(26-16-18-28(43)19-17-26)36(45)41(4)29(8-3)37(46)47/h11-19,22-23,29,35,40,43H,6-10,20-21,24-25H2,1-5H3,(H,39,44)(H,46,47)/t29-,35+/m0/s1. The van der Waals surface area contributed by atoms with Gasteiger partial charge in [0.2, 0.25) is 15.9 Å². The van der Waals surface area contributed by atoms with Crippen molar-refractivity contribution in [2.75, 3.05) is 31.4 Å². The van der Waals surface area contributed by atoms with Crippen molar-refractivity contribution >= 4 is 50.9 Å². The Labute approximate surface area is 311 Å². The average molecular weight is 755 g/mol. The molecule has 1 aliphatic rings. The third-order valence-electron chi connectivity index (χ3n) is 9.35. The Morgan fingerprint density at radius 2 is 1.65 bits per heavy atom.